The van der Waals surface area contributed by atoms with Crippen molar-refractivity contribution < 1.29 is 27.1 Å². The zero-order chi connectivity index (χ0) is 22.6. The van der Waals surface area contributed by atoms with Crippen LogP contribution in [-0.4, -0.2) is 55.7 Å². The number of amides is 1. The van der Waals surface area contributed by atoms with Gasteiger partial charge in [0.05, 0.1) is 4.90 Å². The SMILES string of the molecule is Cc1ccc(S(=O)(=O)N2CCC[C@H]2C(=O)OCC(=O)N(C)Cc2ccccc2F)cc1. The molecule has 2 aromatic rings. The summed E-state index contributed by atoms with van der Waals surface area (Å²) in [6, 6.07) is 11.5. The van der Waals surface area contributed by atoms with Gasteiger partial charge in [-0.3, -0.25) is 9.59 Å². The maximum Gasteiger partial charge on any atom is 0.324 e. The third-order valence-electron chi connectivity index (χ3n) is 5.23. The molecular formula is C22H25FN2O5S. The number of likely N-dealkylation sites (N-methyl/N-ethyl adjacent to an activating group) is 1. The van der Waals surface area contributed by atoms with Crippen molar-refractivity contribution >= 4 is 21.9 Å². The van der Waals surface area contributed by atoms with Gasteiger partial charge in [-0.1, -0.05) is 35.9 Å². The van der Waals surface area contributed by atoms with Crippen molar-refractivity contribution in [3.63, 3.8) is 0 Å². The van der Waals surface area contributed by atoms with Crippen LogP contribution in [0.4, 0.5) is 4.39 Å². The minimum absolute atomic E-state index is 0.0282. The first-order valence-corrected chi connectivity index (χ1v) is 11.4. The molecular weight excluding hydrogens is 423 g/mol. The summed E-state index contributed by atoms with van der Waals surface area (Å²) in [7, 11) is -2.38. The minimum atomic E-state index is -3.85. The van der Waals surface area contributed by atoms with E-state index in [2.05, 4.69) is 0 Å². The number of hydrogen-bond donors (Lipinski definition) is 0. The number of benzene rings is 2. The van der Waals surface area contributed by atoms with Crippen molar-refractivity contribution in [3.05, 3.63) is 65.5 Å². The second-order valence-corrected chi connectivity index (χ2v) is 9.43. The summed E-state index contributed by atoms with van der Waals surface area (Å²) in [5.74, 6) is -1.70. The summed E-state index contributed by atoms with van der Waals surface area (Å²) in [4.78, 5) is 26.2. The molecule has 0 unspecified atom stereocenters. The van der Waals surface area contributed by atoms with E-state index >= 15 is 0 Å². The van der Waals surface area contributed by atoms with E-state index in [9.17, 15) is 22.4 Å². The van der Waals surface area contributed by atoms with Gasteiger partial charge in [0.2, 0.25) is 10.0 Å². The van der Waals surface area contributed by atoms with Gasteiger partial charge in [0.25, 0.3) is 5.91 Å². The summed E-state index contributed by atoms with van der Waals surface area (Å²) in [5, 5.41) is 0. The van der Waals surface area contributed by atoms with Crippen LogP contribution >= 0.6 is 0 Å². The summed E-state index contributed by atoms with van der Waals surface area (Å²) in [6.07, 6.45) is 0.842. The van der Waals surface area contributed by atoms with Crippen molar-refractivity contribution in [1.29, 1.82) is 0 Å². The fourth-order valence-electron chi connectivity index (χ4n) is 3.42. The summed E-state index contributed by atoms with van der Waals surface area (Å²) < 4.78 is 45.9. The van der Waals surface area contributed by atoms with E-state index in [-0.39, 0.29) is 18.0 Å². The molecule has 1 atom stereocenters. The zero-order valence-corrected chi connectivity index (χ0v) is 18.3. The van der Waals surface area contributed by atoms with Crippen LogP contribution in [0.5, 0.6) is 0 Å². The Morgan fingerprint density at radius 1 is 1.16 bits per heavy atom. The number of rotatable bonds is 7. The average molecular weight is 449 g/mol. The molecule has 9 heteroatoms. The highest BCUT2D eigenvalue weighted by atomic mass is 32.2. The molecule has 0 N–H and O–H groups in total. The van der Waals surface area contributed by atoms with Gasteiger partial charge in [-0.05, 0) is 38.0 Å². The molecule has 31 heavy (non-hydrogen) atoms. The van der Waals surface area contributed by atoms with Crippen LogP contribution in [0, 0.1) is 12.7 Å². The van der Waals surface area contributed by atoms with Crippen molar-refractivity contribution in [1.82, 2.24) is 9.21 Å². The molecule has 166 valence electrons. The standard InChI is InChI=1S/C22H25FN2O5S/c1-16-9-11-18(12-10-16)31(28,29)25-13-5-8-20(25)22(27)30-15-21(26)24(2)14-17-6-3-4-7-19(17)23/h3-4,6-7,9-12,20H,5,8,13-15H2,1-2H3/t20-/m0/s1. The maximum atomic E-state index is 13.8. The fourth-order valence-corrected chi connectivity index (χ4v) is 5.07. The number of halogens is 1. The number of hydrogen-bond acceptors (Lipinski definition) is 5. The van der Waals surface area contributed by atoms with Gasteiger partial charge in [0.1, 0.15) is 11.9 Å². The van der Waals surface area contributed by atoms with E-state index in [0.29, 0.717) is 18.4 Å². The van der Waals surface area contributed by atoms with Gasteiger partial charge in [-0.2, -0.15) is 4.31 Å². The van der Waals surface area contributed by atoms with Crippen LogP contribution in [0.15, 0.2) is 53.4 Å². The van der Waals surface area contributed by atoms with Crippen molar-refractivity contribution in [3.8, 4) is 0 Å². The molecule has 1 amide bonds. The largest absolute Gasteiger partial charge is 0.454 e. The Morgan fingerprint density at radius 3 is 2.52 bits per heavy atom. The second kappa shape index (κ2) is 9.57. The minimum Gasteiger partial charge on any atom is -0.454 e. The van der Waals surface area contributed by atoms with Gasteiger partial charge in [0, 0.05) is 25.7 Å². The van der Waals surface area contributed by atoms with Gasteiger partial charge >= 0.3 is 5.97 Å². The van der Waals surface area contributed by atoms with Crippen molar-refractivity contribution in [2.75, 3.05) is 20.2 Å². The van der Waals surface area contributed by atoms with Crippen LogP contribution in [0.1, 0.15) is 24.0 Å². The molecule has 1 fully saturated rings. The monoisotopic (exact) mass is 448 g/mol. The third kappa shape index (κ3) is 5.29. The molecule has 0 radical (unpaired) electrons. The van der Waals surface area contributed by atoms with Crippen molar-refractivity contribution in [2.24, 2.45) is 0 Å². The van der Waals surface area contributed by atoms with E-state index < -0.39 is 40.4 Å². The highest BCUT2D eigenvalue weighted by molar-refractivity contribution is 7.89. The van der Waals surface area contributed by atoms with Gasteiger partial charge in [-0.25, -0.2) is 12.8 Å². The first-order valence-electron chi connectivity index (χ1n) is 9.92. The van der Waals surface area contributed by atoms with Crippen LogP contribution in [0.2, 0.25) is 0 Å². The Labute approximate surface area is 181 Å². The second-order valence-electron chi connectivity index (χ2n) is 7.54. The number of ether oxygens (including phenoxy) is 1. The quantitative estimate of drug-likeness (QED) is 0.608. The molecule has 0 bridgehead atoms. The first-order chi connectivity index (χ1) is 14.7. The van der Waals surface area contributed by atoms with E-state index in [1.807, 2.05) is 6.92 Å². The molecule has 1 aliphatic rings. The van der Waals surface area contributed by atoms with Crippen LogP contribution < -0.4 is 0 Å². The van der Waals surface area contributed by atoms with Crippen LogP contribution in [-0.2, 0) is 30.9 Å². The molecule has 1 aliphatic heterocycles. The van der Waals surface area contributed by atoms with Gasteiger partial charge in [-0.15, -0.1) is 0 Å². The third-order valence-corrected chi connectivity index (χ3v) is 7.15. The predicted octanol–water partition coefficient (Wildman–Crippen LogP) is 2.49. The molecule has 3 rings (SSSR count). The number of carbonyl (C=O) groups is 2. The van der Waals surface area contributed by atoms with E-state index in [0.717, 1.165) is 9.87 Å². The van der Waals surface area contributed by atoms with E-state index in [4.69, 9.17) is 4.74 Å². The molecule has 2 aromatic carbocycles. The molecule has 0 aromatic heterocycles. The lowest BCUT2D eigenvalue weighted by molar-refractivity contribution is -0.154. The molecule has 0 aliphatic carbocycles. The number of aryl methyl sites for hydroxylation is 1. The first kappa shape index (κ1) is 22.9. The Bertz CT molecular complexity index is 1060. The summed E-state index contributed by atoms with van der Waals surface area (Å²) in [5.41, 5.74) is 1.27. The molecule has 1 heterocycles. The summed E-state index contributed by atoms with van der Waals surface area (Å²) in [6.45, 7) is 1.54. The molecule has 0 saturated carbocycles. The highest BCUT2D eigenvalue weighted by Gasteiger charge is 2.40. The topological polar surface area (TPSA) is 84.0 Å². The molecule has 1 saturated heterocycles. The normalized spacial score (nSPS) is 16.8. The van der Waals surface area contributed by atoms with Gasteiger partial charge < -0.3 is 9.64 Å². The highest BCUT2D eigenvalue weighted by Crippen LogP contribution is 2.27. The molecule has 7 nitrogen and oxygen atoms in total. The lowest BCUT2D eigenvalue weighted by atomic mass is 10.2. The smallest absolute Gasteiger partial charge is 0.324 e. The number of nitrogens with zero attached hydrogens (tertiary/aromatic N) is 2. The Morgan fingerprint density at radius 2 is 1.84 bits per heavy atom. The Balaban J connectivity index is 1.61. The zero-order valence-electron chi connectivity index (χ0n) is 17.5. The average Bonchev–Trinajstić information content (AvgIpc) is 3.24. The Kier molecular flexibility index (Phi) is 7.07. The lowest BCUT2D eigenvalue weighted by Gasteiger charge is -2.23. The fraction of sp³-hybridized carbons (Fsp3) is 0.364. The van der Waals surface area contributed by atoms with Gasteiger partial charge in [0.15, 0.2) is 6.61 Å². The van der Waals surface area contributed by atoms with E-state index in [1.54, 1.807) is 30.3 Å². The number of sulfonamides is 1. The van der Waals surface area contributed by atoms with E-state index in [1.165, 1.54) is 30.1 Å². The lowest BCUT2D eigenvalue weighted by Crippen LogP contribution is -2.42. The van der Waals surface area contributed by atoms with Crippen LogP contribution in [0.25, 0.3) is 0 Å². The number of carbonyl (C=O) groups excluding carboxylic acids is 2. The number of esters is 1. The predicted molar refractivity (Wildman–Crippen MR) is 112 cm³/mol. The van der Waals surface area contributed by atoms with Crippen molar-refractivity contribution in [2.45, 2.75) is 37.2 Å². The summed E-state index contributed by atoms with van der Waals surface area (Å²) >= 11 is 0. The maximum absolute atomic E-state index is 13.8. The molecule has 0 spiro atoms. The Hall–Kier alpha value is -2.78. The van der Waals surface area contributed by atoms with Crippen LogP contribution in [0.3, 0.4) is 0 Å².